The number of hydrogen-bond donors (Lipinski definition) is 2. The standard InChI is InChI=1S/C16H23BrN2O4/c1-6-23-14-11(17)7-10(8-12(14)22-5)15(21)19-18-13(20)9-16(2,3)4/h7-8H,6,9H2,1-5H3,(H,18,20)(H,19,21). The lowest BCUT2D eigenvalue weighted by molar-refractivity contribution is -0.123. The molecule has 0 spiro atoms. The summed E-state index contributed by atoms with van der Waals surface area (Å²) < 4.78 is 11.3. The topological polar surface area (TPSA) is 76.7 Å². The number of rotatable bonds is 5. The minimum atomic E-state index is -0.436. The lowest BCUT2D eigenvalue weighted by Gasteiger charge is -2.17. The Morgan fingerprint density at radius 2 is 1.87 bits per heavy atom. The van der Waals surface area contributed by atoms with Gasteiger partial charge in [-0.2, -0.15) is 0 Å². The molecule has 0 bridgehead atoms. The van der Waals surface area contributed by atoms with E-state index in [2.05, 4.69) is 26.8 Å². The van der Waals surface area contributed by atoms with Gasteiger partial charge >= 0.3 is 0 Å². The molecule has 128 valence electrons. The van der Waals surface area contributed by atoms with Gasteiger partial charge in [-0.15, -0.1) is 0 Å². The second-order valence-corrected chi connectivity index (χ2v) is 7.02. The van der Waals surface area contributed by atoms with E-state index in [9.17, 15) is 9.59 Å². The van der Waals surface area contributed by atoms with E-state index in [0.717, 1.165) is 0 Å². The number of hydrogen-bond acceptors (Lipinski definition) is 4. The molecule has 2 amide bonds. The molecule has 0 atom stereocenters. The van der Waals surface area contributed by atoms with E-state index in [0.29, 0.717) is 34.6 Å². The monoisotopic (exact) mass is 386 g/mol. The Kier molecular flexibility index (Phi) is 6.87. The van der Waals surface area contributed by atoms with Crippen molar-refractivity contribution in [1.82, 2.24) is 10.9 Å². The first-order chi connectivity index (χ1) is 10.7. The molecule has 0 radical (unpaired) electrons. The van der Waals surface area contributed by atoms with Crippen molar-refractivity contribution < 1.29 is 19.1 Å². The smallest absolute Gasteiger partial charge is 0.269 e. The van der Waals surface area contributed by atoms with Crippen LogP contribution in [0, 0.1) is 5.41 Å². The van der Waals surface area contributed by atoms with Crippen LogP contribution in [-0.2, 0) is 4.79 Å². The maximum Gasteiger partial charge on any atom is 0.269 e. The van der Waals surface area contributed by atoms with Crippen LogP contribution in [0.1, 0.15) is 44.5 Å². The third kappa shape index (κ3) is 6.09. The summed E-state index contributed by atoms with van der Waals surface area (Å²) in [6, 6.07) is 3.17. The molecule has 0 fully saturated rings. The van der Waals surface area contributed by atoms with Gasteiger partial charge in [0, 0.05) is 12.0 Å². The van der Waals surface area contributed by atoms with Gasteiger partial charge in [0.25, 0.3) is 5.91 Å². The summed E-state index contributed by atoms with van der Waals surface area (Å²) in [7, 11) is 1.50. The average molecular weight is 387 g/mol. The molecule has 1 aromatic rings. The highest BCUT2D eigenvalue weighted by molar-refractivity contribution is 9.10. The Morgan fingerprint density at radius 1 is 1.22 bits per heavy atom. The molecule has 1 aromatic carbocycles. The number of nitrogens with one attached hydrogen (secondary N) is 2. The van der Waals surface area contributed by atoms with Crippen LogP contribution >= 0.6 is 15.9 Å². The van der Waals surface area contributed by atoms with Crippen LogP contribution in [0.15, 0.2) is 16.6 Å². The van der Waals surface area contributed by atoms with Crippen LogP contribution in [-0.4, -0.2) is 25.5 Å². The lowest BCUT2D eigenvalue weighted by atomic mass is 9.92. The second-order valence-electron chi connectivity index (χ2n) is 6.16. The van der Waals surface area contributed by atoms with Gasteiger partial charge in [0.2, 0.25) is 5.91 Å². The number of carbonyl (C=O) groups is 2. The maximum absolute atomic E-state index is 12.2. The van der Waals surface area contributed by atoms with Crippen molar-refractivity contribution in [2.24, 2.45) is 5.41 Å². The van der Waals surface area contributed by atoms with Crippen molar-refractivity contribution in [3.8, 4) is 11.5 Å². The second kappa shape index (κ2) is 8.19. The van der Waals surface area contributed by atoms with Gasteiger partial charge in [-0.1, -0.05) is 20.8 Å². The number of halogens is 1. The normalized spacial score (nSPS) is 10.9. The number of methoxy groups -OCH3 is 1. The minimum Gasteiger partial charge on any atom is -0.493 e. The molecule has 6 nitrogen and oxygen atoms in total. The van der Waals surface area contributed by atoms with E-state index >= 15 is 0 Å². The molecule has 1 rings (SSSR count). The Bertz CT molecular complexity index is 582. The third-order valence-electron chi connectivity index (χ3n) is 2.79. The summed E-state index contributed by atoms with van der Waals surface area (Å²) in [5, 5.41) is 0. The van der Waals surface area contributed by atoms with Crippen LogP contribution < -0.4 is 20.3 Å². The number of carbonyl (C=O) groups excluding carboxylic acids is 2. The molecular weight excluding hydrogens is 364 g/mol. The molecular formula is C16H23BrN2O4. The van der Waals surface area contributed by atoms with Crippen LogP contribution in [0.5, 0.6) is 11.5 Å². The Hall–Kier alpha value is -1.76. The van der Waals surface area contributed by atoms with Crippen LogP contribution in [0.2, 0.25) is 0 Å². The zero-order chi connectivity index (χ0) is 17.6. The fraction of sp³-hybridized carbons (Fsp3) is 0.500. The predicted octanol–water partition coefficient (Wildman–Crippen LogP) is 3.05. The van der Waals surface area contributed by atoms with Gasteiger partial charge in [-0.25, -0.2) is 0 Å². The highest BCUT2D eigenvalue weighted by Gasteiger charge is 2.18. The molecule has 0 saturated heterocycles. The summed E-state index contributed by atoms with van der Waals surface area (Å²) in [5.74, 6) is 0.285. The Morgan fingerprint density at radius 3 is 2.39 bits per heavy atom. The van der Waals surface area contributed by atoms with Gasteiger partial charge in [-0.3, -0.25) is 20.4 Å². The average Bonchev–Trinajstić information content (AvgIpc) is 2.44. The summed E-state index contributed by atoms with van der Waals surface area (Å²) in [6.45, 7) is 8.18. The number of hydrazine groups is 1. The molecule has 0 aliphatic carbocycles. The van der Waals surface area contributed by atoms with E-state index in [1.807, 2.05) is 27.7 Å². The zero-order valence-electron chi connectivity index (χ0n) is 14.1. The molecule has 0 aromatic heterocycles. The summed E-state index contributed by atoms with van der Waals surface area (Å²) in [4.78, 5) is 23.9. The molecule has 0 heterocycles. The highest BCUT2D eigenvalue weighted by Crippen LogP contribution is 2.36. The molecule has 2 N–H and O–H groups in total. The van der Waals surface area contributed by atoms with E-state index in [4.69, 9.17) is 9.47 Å². The molecule has 0 saturated carbocycles. The van der Waals surface area contributed by atoms with Crippen LogP contribution in [0.3, 0.4) is 0 Å². The number of benzene rings is 1. The third-order valence-corrected chi connectivity index (χ3v) is 3.38. The van der Waals surface area contributed by atoms with E-state index in [1.54, 1.807) is 12.1 Å². The lowest BCUT2D eigenvalue weighted by Crippen LogP contribution is -2.42. The molecule has 23 heavy (non-hydrogen) atoms. The highest BCUT2D eigenvalue weighted by atomic mass is 79.9. The van der Waals surface area contributed by atoms with E-state index in [-0.39, 0.29) is 11.3 Å². The van der Waals surface area contributed by atoms with Crippen molar-refractivity contribution in [2.75, 3.05) is 13.7 Å². The Balaban J connectivity index is 2.81. The van der Waals surface area contributed by atoms with Crippen LogP contribution in [0.4, 0.5) is 0 Å². The van der Waals surface area contributed by atoms with Crippen molar-refractivity contribution in [3.63, 3.8) is 0 Å². The first-order valence-electron chi connectivity index (χ1n) is 7.27. The molecule has 0 unspecified atom stereocenters. The number of ether oxygens (including phenoxy) is 2. The van der Waals surface area contributed by atoms with Gasteiger partial charge in [0.05, 0.1) is 18.2 Å². The molecule has 0 aliphatic rings. The van der Waals surface area contributed by atoms with Gasteiger partial charge in [0.1, 0.15) is 0 Å². The minimum absolute atomic E-state index is 0.153. The van der Waals surface area contributed by atoms with Crippen molar-refractivity contribution in [2.45, 2.75) is 34.1 Å². The SMILES string of the molecule is CCOc1c(Br)cc(C(=O)NNC(=O)CC(C)(C)C)cc1OC. The Labute approximate surface area is 145 Å². The molecule has 7 heteroatoms. The summed E-state index contributed by atoms with van der Waals surface area (Å²) in [5.41, 5.74) is 4.99. The van der Waals surface area contributed by atoms with E-state index < -0.39 is 5.91 Å². The number of amides is 2. The summed E-state index contributed by atoms with van der Waals surface area (Å²) in [6.07, 6.45) is 0.309. The van der Waals surface area contributed by atoms with Crippen molar-refractivity contribution >= 4 is 27.7 Å². The van der Waals surface area contributed by atoms with Gasteiger partial charge in [-0.05, 0) is 40.4 Å². The fourth-order valence-corrected chi connectivity index (χ4v) is 2.42. The quantitative estimate of drug-likeness (QED) is 0.762. The van der Waals surface area contributed by atoms with Gasteiger partial charge in [0.15, 0.2) is 11.5 Å². The first-order valence-corrected chi connectivity index (χ1v) is 8.06. The molecule has 0 aliphatic heterocycles. The fourth-order valence-electron chi connectivity index (χ4n) is 1.86. The van der Waals surface area contributed by atoms with Crippen LogP contribution in [0.25, 0.3) is 0 Å². The largest absolute Gasteiger partial charge is 0.493 e. The van der Waals surface area contributed by atoms with Crippen molar-refractivity contribution in [3.05, 3.63) is 22.2 Å². The summed E-state index contributed by atoms with van der Waals surface area (Å²) >= 11 is 3.36. The van der Waals surface area contributed by atoms with Gasteiger partial charge < -0.3 is 9.47 Å². The first kappa shape index (κ1) is 19.3. The zero-order valence-corrected chi connectivity index (χ0v) is 15.7. The van der Waals surface area contributed by atoms with Crippen molar-refractivity contribution in [1.29, 1.82) is 0 Å². The maximum atomic E-state index is 12.2. The van der Waals surface area contributed by atoms with E-state index in [1.165, 1.54) is 7.11 Å². The predicted molar refractivity (Wildman–Crippen MR) is 91.5 cm³/mol.